The van der Waals surface area contributed by atoms with Crippen molar-refractivity contribution in [3.8, 4) is 0 Å². The minimum atomic E-state index is -0.991. The van der Waals surface area contributed by atoms with Crippen molar-refractivity contribution in [2.75, 3.05) is 12.4 Å². The van der Waals surface area contributed by atoms with Crippen molar-refractivity contribution in [1.29, 1.82) is 0 Å². The molecule has 21 heavy (non-hydrogen) atoms. The Morgan fingerprint density at radius 1 is 1.05 bits per heavy atom. The summed E-state index contributed by atoms with van der Waals surface area (Å²) in [5.74, 6) is -3.17. The van der Waals surface area contributed by atoms with Crippen molar-refractivity contribution >= 4 is 11.6 Å². The van der Waals surface area contributed by atoms with E-state index in [1.807, 2.05) is 0 Å². The Morgan fingerprint density at radius 3 is 2.14 bits per heavy atom. The summed E-state index contributed by atoms with van der Waals surface area (Å²) in [4.78, 5) is 11.4. The largest absolute Gasteiger partial charge is 0.376 e. The Bertz CT molecular complexity index is 633. The Kier molecular flexibility index (Phi) is 4.47. The Labute approximate surface area is 119 Å². The van der Waals surface area contributed by atoms with Gasteiger partial charge in [-0.3, -0.25) is 4.79 Å². The number of benzene rings is 2. The molecule has 0 fully saturated rings. The number of halogens is 3. The van der Waals surface area contributed by atoms with E-state index in [-0.39, 0.29) is 18.1 Å². The maximum absolute atomic E-state index is 13.4. The van der Waals surface area contributed by atoms with Gasteiger partial charge in [0.15, 0.2) is 11.6 Å². The summed E-state index contributed by atoms with van der Waals surface area (Å²) < 4.78 is 39.6. The van der Waals surface area contributed by atoms with Crippen LogP contribution in [0, 0.1) is 17.5 Å². The molecule has 3 nitrogen and oxygen atoms in total. The van der Waals surface area contributed by atoms with Crippen LogP contribution in [0.25, 0.3) is 0 Å². The maximum atomic E-state index is 13.4. The molecule has 0 spiro atoms. The third-order valence-electron chi connectivity index (χ3n) is 2.92. The molecule has 0 aliphatic carbocycles. The number of carbonyl (C=O) groups is 1. The SMILES string of the molecule is CNC(=O)c1ccc(CNc2c(F)cc(F)cc2F)cc1. The van der Waals surface area contributed by atoms with Crippen LogP contribution in [0.4, 0.5) is 18.9 Å². The van der Waals surface area contributed by atoms with Crippen molar-refractivity contribution in [2.24, 2.45) is 0 Å². The molecule has 0 unspecified atom stereocenters. The molecule has 0 aliphatic rings. The van der Waals surface area contributed by atoms with Crippen LogP contribution in [0.15, 0.2) is 36.4 Å². The third kappa shape index (κ3) is 3.53. The lowest BCUT2D eigenvalue weighted by molar-refractivity contribution is 0.0963. The first kappa shape index (κ1) is 14.9. The second kappa shape index (κ2) is 6.30. The molecule has 2 rings (SSSR count). The average molecular weight is 294 g/mol. The Morgan fingerprint density at radius 2 is 1.62 bits per heavy atom. The van der Waals surface area contributed by atoms with Gasteiger partial charge in [-0.1, -0.05) is 12.1 Å². The topological polar surface area (TPSA) is 41.1 Å². The zero-order valence-electron chi connectivity index (χ0n) is 11.2. The highest BCUT2D eigenvalue weighted by molar-refractivity contribution is 5.93. The smallest absolute Gasteiger partial charge is 0.251 e. The molecule has 6 heteroatoms. The Hall–Kier alpha value is -2.50. The predicted molar refractivity (Wildman–Crippen MR) is 73.5 cm³/mol. The normalized spacial score (nSPS) is 10.3. The fourth-order valence-electron chi connectivity index (χ4n) is 1.82. The van der Waals surface area contributed by atoms with Crippen molar-refractivity contribution in [1.82, 2.24) is 5.32 Å². The van der Waals surface area contributed by atoms with E-state index in [1.165, 1.54) is 7.05 Å². The first-order valence-electron chi connectivity index (χ1n) is 6.20. The van der Waals surface area contributed by atoms with Crippen LogP contribution in [-0.2, 0) is 6.54 Å². The molecule has 0 atom stereocenters. The summed E-state index contributed by atoms with van der Waals surface area (Å²) in [6, 6.07) is 7.76. The molecule has 0 aromatic heterocycles. The molecular weight excluding hydrogens is 281 g/mol. The van der Waals surface area contributed by atoms with Crippen LogP contribution in [0.3, 0.4) is 0 Å². The van der Waals surface area contributed by atoms with E-state index in [4.69, 9.17) is 0 Å². The molecule has 2 aromatic rings. The summed E-state index contributed by atoms with van der Waals surface area (Å²) in [5, 5.41) is 5.06. The van der Waals surface area contributed by atoms with Crippen LogP contribution in [0.5, 0.6) is 0 Å². The molecule has 2 aromatic carbocycles. The van der Waals surface area contributed by atoms with Crippen LogP contribution >= 0.6 is 0 Å². The third-order valence-corrected chi connectivity index (χ3v) is 2.92. The van der Waals surface area contributed by atoms with E-state index in [9.17, 15) is 18.0 Å². The summed E-state index contributed by atoms with van der Waals surface area (Å²) >= 11 is 0. The summed E-state index contributed by atoms with van der Waals surface area (Å²) in [6.07, 6.45) is 0. The molecular formula is C15H13F3N2O. The zero-order valence-corrected chi connectivity index (χ0v) is 11.2. The average Bonchev–Trinajstić information content (AvgIpc) is 2.46. The molecule has 0 heterocycles. The minimum absolute atomic E-state index is 0.146. The van der Waals surface area contributed by atoms with Gasteiger partial charge >= 0.3 is 0 Å². The Balaban J connectivity index is 2.08. The summed E-state index contributed by atoms with van der Waals surface area (Å²) in [5.41, 5.74) is 0.831. The lowest BCUT2D eigenvalue weighted by atomic mass is 10.1. The monoisotopic (exact) mass is 294 g/mol. The second-order valence-electron chi connectivity index (χ2n) is 4.37. The van der Waals surface area contributed by atoms with E-state index in [0.29, 0.717) is 17.7 Å². The van der Waals surface area contributed by atoms with E-state index >= 15 is 0 Å². The van der Waals surface area contributed by atoms with E-state index in [1.54, 1.807) is 24.3 Å². The molecule has 1 amide bonds. The van der Waals surface area contributed by atoms with Gasteiger partial charge in [0.25, 0.3) is 5.91 Å². The fourth-order valence-corrected chi connectivity index (χ4v) is 1.82. The number of amides is 1. The first-order chi connectivity index (χ1) is 10.0. The van der Waals surface area contributed by atoms with Gasteiger partial charge in [-0.15, -0.1) is 0 Å². The van der Waals surface area contributed by atoms with E-state index < -0.39 is 17.5 Å². The number of hydrogen-bond donors (Lipinski definition) is 2. The van der Waals surface area contributed by atoms with Gasteiger partial charge in [-0.2, -0.15) is 0 Å². The molecule has 0 saturated carbocycles. The number of rotatable bonds is 4. The van der Waals surface area contributed by atoms with Gasteiger partial charge in [0, 0.05) is 31.3 Å². The maximum Gasteiger partial charge on any atom is 0.251 e. The fraction of sp³-hybridized carbons (Fsp3) is 0.133. The van der Waals surface area contributed by atoms with Crippen LogP contribution in [0.1, 0.15) is 15.9 Å². The molecule has 2 N–H and O–H groups in total. The summed E-state index contributed by atoms with van der Waals surface area (Å²) in [6.45, 7) is 0.146. The highest BCUT2D eigenvalue weighted by Crippen LogP contribution is 2.21. The van der Waals surface area contributed by atoms with E-state index in [0.717, 1.165) is 5.56 Å². The number of anilines is 1. The molecule has 0 saturated heterocycles. The minimum Gasteiger partial charge on any atom is -0.376 e. The van der Waals surface area contributed by atoms with Crippen LogP contribution in [0.2, 0.25) is 0 Å². The molecule has 0 radical (unpaired) electrons. The highest BCUT2D eigenvalue weighted by atomic mass is 19.1. The quantitative estimate of drug-likeness (QED) is 0.910. The first-order valence-corrected chi connectivity index (χ1v) is 6.20. The molecule has 0 aliphatic heterocycles. The zero-order chi connectivity index (χ0) is 15.4. The second-order valence-corrected chi connectivity index (χ2v) is 4.37. The van der Waals surface area contributed by atoms with Gasteiger partial charge < -0.3 is 10.6 Å². The van der Waals surface area contributed by atoms with Crippen molar-refractivity contribution in [3.63, 3.8) is 0 Å². The van der Waals surface area contributed by atoms with Crippen LogP contribution in [-0.4, -0.2) is 13.0 Å². The van der Waals surface area contributed by atoms with E-state index in [2.05, 4.69) is 10.6 Å². The standard InChI is InChI=1S/C15H13F3N2O/c1-19-15(21)10-4-2-9(3-5-10)8-20-14-12(17)6-11(16)7-13(14)18/h2-7,20H,8H2,1H3,(H,19,21). The lowest BCUT2D eigenvalue weighted by Gasteiger charge is -2.09. The number of nitrogens with one attached hydrogen (secondary N) is 2. The lowest BCUT2D eigenvalue weighted by Crippen LogP contribution is -2.17. The highest BCUT2D eigenvalue weighted by Gasteiger charge is 2.11. The number of carbonyl (C=O) groups excluding carboxylic acids is 1. The molecule has 0 bridgehead atoms. The van der Waals surface area contributed by atoms with Crippen molar-refractivity contribution in [2.45, 2.75) is 6.54 Å². The van der Waals surface area contributed by atoms with Crippen LogP contribution < -0.4 is 10.6 Å². The number of hydrogen-bond acceptors (Lipinski definition) is 2. The van der Waals surface area contributed by atoms with Gasteiger partial charge in [-0.05, 0) is 17.7 Å². The van der Waals surface area contributed by atoms with Gasteiger partial charge in [0.05, 0.1) is 0 Å². The van der Waals surface area contributed by atoms with Gasteiger partial charge in [0.2, 0.25) is 0 Å². The summed E-state index contributed by atoms with van der Waals surface area (Å²) in [7, 11) is 1.53. The predicted octanol–water partition coefficient (Wildman–Crippen LogP) is 3.08. The molecule has 110 valence electrons. The van der Waals surface area contributed by atoms with Crippen molar-refractivity contribution < 1.29 is 18.0 Å². The van der Waals surface area contributed by atoms with Crippen molar-refractivity contribution in [3.05, 3.63) is 65.0 Å². The van der Waals surface area contributed by atoms with Gasteiger partial charge in [-0.25, -0.2) is 13.2 Å². The van der Waals surface area contributed by atoms with Gasteiger partial charge in [0.1, 0.15) is 11.5 Å².